The van der Waals surface area contributed by atoms with Crippen molar-refractivity contribution in [1.82, 2.24) is 0 Å². The van der Waals surface area contributed by atoms with Crippen LogP contribution in [0.2, 0.25) is 5.02 Å². The lowest BCUT2D eigenvalue weighted by atomic mass is 10.2. The van der Waals surface area contributed by atoms with Crippen LogP contribution in [0, 0.1) is 10.1 Å². The Kier molecular flexibility index (Phi) is 6.61. The summed E-state index contributed by atoms with van der Waals surface area (Å²) in [6.45, 7) is 1.54. The van der Waals surface area contributed by atoms with Gasteiger partial charge in [-0.05, 0) is 25.1 Å². The molecule has 2 aromatic rings. The number of nitrogens with zero attached hydrogens (tertiary/aromatic N) is 1. The van der Waals surface area contributed by atoms with Crippen molar-refractivity contribution in [3.05, 3.63) is 57.6 Å². The smallest absolute Gasteiger partial charge is 0.351 e. The first-order chi connectivity index (χ1) is 12.3. The Morgan fingerprint density at radius 2 is 1.85 bits per heavy atom. The number of hydrogen-bond acceptors (Lipinski definition) is 7. The third-order valence-electron chi connectivity index (χ3n) is 3.58. The average molecular weight is 401 g/mol. The molecule has 0 aliphatic carbocycles. The van der Waals surface area contributed by atoms with Gasteiger partial charge in [-0.15, -0.1) is 0 Å². The van der Waals surface area contributed by atoms with Crippen molar-refractivity contribution in [3.8, 4) is 11.5 Å². The number of halogens is 1. The van der Waals surface area contributed by atoms with Crippen LogP contribution in [0.4, 0.5) is 11.4 Å². The molecule has 0 saturated heterocycles. The zero-order valence-electron chi connectivity index (χ0n) is 14.3. The Morgan fingerprint density at radius 3 is 2.42 bits per heavy atom. The van der Waals surface area contributed by atoms with Gasteiger partial charge in [0.15, 0.2) is 0 Å². The number of anilines is 1. The molecule has 0 spiro atoms. The Bertz CT molecular complexity index is 839. The highest BCUT2D eigenvalue weighted by atomic mass is 35.5. The maximum Gasteiger partial charge on any atom is 0.351 e. The fourth-order valence-corrected chi connectivity index (χ4v) is 3.46. The average Bonchev–Trinajstić information content (AvgIpc) is 2.62. The summed E-state index contributed by atoms with van der Waals surface area (Å²) in [5.74, 6) is -0.101. The van der Waals surface area contributed by atoms with E-state index in [1.165, 1.54) is 32.4 Å². The topological polar surface area (TPSA) is 99.9 Å². The summed E-state index contributed by atoms with van der Waals surface area (Å²) < 4.78 is 27.9. The Hall–Kier alpha value is -2.12. The van der Waals surface area contributed by atoms with Crippen molar-refractivity contribution in [2.75, 3.05) is 19.5 Å². The number of nitro groups is 1. The number of ether oxygens (including phenoxy) is 1. The minimum absolute atomic E-state index is 0.112. The van der Waals surface area contributed by atoms with E-state index in [1.54, 1.807) is 31.2 Å². The molecule has 2 aromatic carbocycles. The summed E-state index contributed by atoms with van der Waals surface area (Å²) in [4.78, 5) is 10.7. The first-order valence-corrected chi connectivity index (χ1v) is 9.48. The van der Waals surface area contributed by atoms with E-state index < -0.39 is 18.3 Å². The van der Waals surface area contributed by atoms with Gasteiger partial charge >= 0.3 is 7.60 Å². The first-order valence-electron chi connectivity index (χ1n) is 7.49. The van der Waals surface area contributed by atoms with E-state index in [1.807, 2.05) is 0 Å². The second-order valence-electron chi connectivity index (χ2n) is 5.19. The van der Waals surface area contributed by atoms with Crippen LogP contribution < -0.4 is 10.1 Å². The van der Waals surface area contributed by atoms with Crippen molar-refractivity contribution in [2.24, 2.45) is 0 Å². The van der Waals surface area contributed by atoms with Gasteiger partial charge in [0, 0.05) is 26.4 Å². The molecule has 0 bridgehead atoms. The number of hydrogen-bond donors (Lipinski definition) is 1. The molecule has 0 aromatic heterocycles. The molecule has 26 heavy (non-hydrogen) atoms. The van der Waals surface area contributed by atoms with Gasteiger partial charge in [0.25, 0.3) is 5.69 Å². The fraction of sp³-hybridized carbons (Fsp3) is 0.250. The molecular formula is C16H18ClN2O6P. The van der Waals surface area contributed by atoms with E-state index in [9.17, 15) is 14.7 Å². The minimum atomic E-state index is -3.47. The highest BCUT2D eigenvalue weighted by Gasteiger charge is 2.31. The number of benzene rings is 2. The lowest BCUT2D eigenvalue weighted by Crippen LogP contribution is -2.18. The molecule has 140 valence electrons. The van der Waals surface area contributed by atoms with E-state index in [2.05, 4.69) is 5.32 Å². The Morgan fingerprint density at radius 1 is 1.19 bits per heavy atom. The fourth-order valence-electron chi connectivity index (χ4n) is 2.20. The van der Waals surface area contributed by atoms with E-state index in [0.29, 0.717) is 16.5 Å². The quantitative estimate of drug-likeness (QED) is 0.365. The van der Waals surface area contributed by atoms with Crippen molar-refractivity contribution >= 4 is 30.6 Å². The summed E-state index contributed by atoms with van der Waals surface area (Å²) >= 11 is 6.06. The first kappa shape index (κ1) is 20.2. The van der Waals surface area contributed by atoms with Gasteiger partial charge in [0.1, 0.15) is 23.0 Å². The van der Waals surface area contributed by atoms with E-state index in [0.717, 1.165) is 0 Å². The summed E-state index contributed by atoms with van der Waals surface area (Å²) in [5, 5.41) is 14.5. The van der Waals surface area contributed by atoms with Crippen LogP contribution in [0.25, 0.3) is 0 Å². The molecule has 8 nitrogen and oxygen atoms in total. The van der Waals surface area contributed by atoms with Crippen molar-refractivity contribution in [2.45, 2.75) is 12.7 Å². The van der Waals surface area contributed by atoms with Gasteiger partial charge in [-0.25, -0.2) is 0 Å². The molecular weight excluding hydrogens is 383 g/mol. The van der Waals surface area contributed by atoms with Gasteiger partial charge in [0.2, 0.25) is 0 Å². The minimum Gasteiger partial charge on any atom is -0.456 e. The van der Waals surface area contributed by atoms with Crippen LogP contribution in [0.1, 0.15) is 6.92 Å². The molecule has 0 saturated carbocycles. The molecule has 0 radical (unpaired) electrons. The summed E-state index contributed by atoms with van der Waals surface area (Å²) in [6, 6.07) is 11.0. The van der Waals surface area contributed by atoms with Crippen molar-refractivity contribution < 1.29 is 23.3 Å². The number of nitro benzene ring substituents is 1. The summed E-state index contributed by atoms with van der Waals surface area (Å²) in [5.41, 5.74) is -0.0940. The Balaban J connectivity index is 2.35. The maximum atomic E-state index is 12.4. The van der Waals surface area contributed by atoms with E-state index >= 15 is 0 Å². The van der Waals surface area contributed by atoms with Gasteiger partial charge in [0.05, 0.1) is 9.95 Å². The standard InChI is InChI=1S/C16H18ClN2O6P/c1-11(26(22,23-2)24-3)18-14-10-12(8-9-15(14)19(20)21)25-16-7-5-4-6-13(16)17/h4-11,18H,1-3H3. The molecule has 0 heterocycles. The van der Waals surface area contributed by atoms with Gasteiger partial charge in [-0.2, -0.15) is 0 Å². The van der Waals surface area contributed by atoms with Gasteiger partial charge in [-0.1, -0.05) is 23.7 Å². The number of nitrogens with one attached hydrogen (secondary N) is 1. The summed E-state index contributed by atoms with van der Waals surface area (Å²) in [7, 11) is -0.985. The summed E-state index contributed by atoms with van der Waals surface area (Å²) in [6.07, 6.45) is 0. The van der Waals surface area contributed by atoms with Crippen molar-refractivity contribution in [3.63, 3.8) is 0 Å². The lowest BCUT2D eigenvalue weighted by Gasteiger charge is -2.22. The van der Waals surface area contributed by atoms with Gasteiger partial charge in [-0.3, -0.25) is 14.7 Å². The molecule has 10 heteroatoms. The molecule has 2 rings (SSSR count). The van der Waals surface area contributed by atoms with Crippen LogP contribution in [-0.4, -0.2) is 24.9 Å². The van der Waals surface area contributed by atoms with Crippen LogP contribution in [-0.2, 0) is 13.6 Å². The molecule has 1 atom stereocenters. The molecule has 0 aliphatic rings. The molecule has 0 aliphatic heterocycles. The zero-order chi connectivity index (χ0) is 19.3. The van der Waals surface area contributed by atoms with E-state index in [4.69, 9.17) is 25.4 Å². The molecule has 0 amide bonds. The molecule has 1 N–H and O–H groups in total. The monoisotopic (exact) mass is 400 g/mol. The molecule has 1 unspecified atom stereocenters. The highest BCUT2D eigenvalue weighted by molar-refractivity contribution is 7.54. The van der Waals surface area contributed by atoms with Crippen LogP contribution in [0.5, 0.6) is 11.5 Å². The van der Waals surface area contributed by atoms with E-state index in [-0.39, 0.29) is 11.4 Å². The van der Waals surface area contributed by atoms with Crippen molar-refractivity contribution in [1.29, 1.82) is 0 Å². The maximum absolute atomic E-state index is 12.4. The highest BCUT2D eigenvalue weighted by Crippen LogP contribution is 2.52. The lowest BCUT2D eigenvalue weighted by molar-refractivity contribution is -0.384. The van der Waals surface area contributed by atoms with Crippen LogP contribution in [0.3, 0.4) is 0 Å². The predicted octanol–water partition coefficient (Wildman–Crippen LogP) is 5.28. The Labute approximate surface area is 155 Å². The van der Waals surface area contributed by atoms with Gasteiger partial charge < -0.3 is 19.1 Å². The normalized spacial score (nSPS) is 12.5. The number of para-hydroxylation sites is 1. The molecule has 0 fully saturated rings. The number of rotatable bonds is 8. The van der Waals surface area contributed by atoms with Crippen LogP contribution >= 0.6 is 19.2 Å². The third kappa shape index (κ3) is 4.53. The zero-order valence-corrected chi connectivity index (χ0v) is 16.0. The SMILES string of the molecule is COP(=O)(OC)C(C)Nc1cc(Oc2ccccc2Cl)ccc1[N+](=O)[O-]. The van der Waals surface area contributed by atoms with Crippen LogP contribution in [0.15, 0.2) is 42.5 Å². The third-order valence-corrected chi connectivity index (χ3v) is 5.98. The second-order valence-corrected chi connectivity index (χ2v) is 8.19. The second kappa shape index (κ2) is 8.51. The predicted molar refractivity (Wildman–Crippen MR) is 99.3 cm³/mol. The largest absolute Gasteiger partial charge is 0.456 e.